The summed E-state index contributed by atoms with van der Waals surface area (Å²) in [6, 6.07) is 7.57. The van der Waals surface area contributed by atoms with Gasteiger partial charge in [0.05, 0.1) is 12.7 Å². The SMILES string of the molecule is COc1cccc(CC(=O)c2c(C)oc(C)c2C)c1. The van der Waals surface area contributed by atoms with Crippen LogP contribution in [0.4, 0.5) is 0 Å². The molecule has 0 saturated heterocycles. The minimum absolute atomic E-state index is 0.0834. The second-order valence-corrected chi connectivity index (χ2v) is 4.67. The van der Waals surface area contributed by atoms with Crippen molar-refractivity contribution in [3.63, 3.8) is 0 Å². The van der Waals surface area contributed by atoms with E-state index in [9.17, 15) is 4.79 Å². The van der Waals surface area contributed by atoms with E-state index in [1.54, 1.807) is 7.11 Å². The Hall–Kier alpha value is -2.03. The fraction of sp³-hybridized carbons (Fsp3) is 0.312. The van der Waals surface area contributed by atoms with Crippen molar-refractivity contribution in [3.8, 4) is 5.75 Å². The largest absolute Gasteiger partial charge is 0.497 e. The summed E-state index contributed by atoms with van der Waals surface area (Å²) in [5, 5.41) is 0. The quantitative estimate of drug-likeness (QED) is 0.786. The molecule has 0 spiro atoms. The average Bonchev–Trinajstić information content (AvgIpc) is 2.63. The zero-order valence-electron chi connectivity index (χ0n) is 11.7. The molecule has 0 N–H and O–H groups in total. The number of ether oxygens (including phenoxy) is 1. The minimum atomic E-state index is 0.0834. The summed E-state index contributed by atoms with van der Waals surface area (Å²) >= 11 is 0. The van der Waals surface area contributed by atoms with Crippen molar-refractivity contribution >= 4 is 5.78 Å². The van der Waals surface area contributed by atoms with E-state index in [0.717, 1.165) is 22.6 Å². The smallest absolute Gasteiger partial charge is 0.171 e. The molecule has 0 radical (unpaired) electrons. The van der Waals surface area contributed by atoms with Crippen LogP contribution in [-0.2, 0) is 6.42 Å². The van der Waals surface area contributed by atoms with Gasteiger partial charge in [0.25, 0.3) is 0 Å². The van der Waals surface area contributed by atoms with E-state index in [2.05, 4.69) is 0 Å². The second-order valence-electron chi connectivity index (χ2n) is 4.67. The van der Waals surface area contributed by atoms with Gasteiger partial charge in [0, 0.05) is 12.0 Å². The van der Waals surface area contributed by atoms with Crippen molar-refractivity contribution in [1.29, 1.82) is 0 Å². The first-order valence-corrected chi connectivity index (χ1v) is 6.25. The second kappa shape index (κ2) is 5.31. The highest BCUT2D eigenvalue weighted by molar-refractivity contribution is 5.99. The van der Waals surface area contributed by atoms with Gasteiger partial charge in [0.1, 0.15) is 17.3 Å². The van der Waals surface area contributed by atoms with Crippen molar-refractivity contribution in [2.24, 2.45) is 0 Å². The molecule has 3 nitrogen and oxygen atoms in total. The van der Waals surface area contributed by atoms with Crippen LogP contribution in [0.25, 0.3) is 0 Å². The van der Waals surface area contributed by atoms with E-state index in [1.807, 2.05) is 45.0 Å². The summed E-state index contributed by atoms with van der Waals surface area (Å²) in [5.74, 6) is 2.36. The highest BCUT2D eigenvalue weighted by atomic mass is 16.5. The van der Waals surface area contributed by atoms with E-state index < -0.39 is 0 Å². The summed E-state index contributed by atoms with van der Waals surface area (Å²) in [4.78, 5) is 12.4. The lowest BCUT2D eigenvalue weighted by Crippen LogP contribution is -2.05. The Bertz CT molecular complexity index is 608. The molecule has 1 heterocycles. The summed E-state index contributed by atoms with van der Waals surface area (Å²) in [6.45, 7) is 5.63. The predicted octanol–water partition coefficient (Wildman–Crippen LogP) is 3.64. The van der Waals surface area contributed by atoms with Crippen LogP contribution in [-0.4, -0.2) is 12.9 Å². The molecular formula is C16H18O3. The van der Waals surface area contributed by atoms with E-state index in [1.165, 1.54) is 0 Å². The molecular weight excluding hydrogens is 240 g/mol. The van der Waals surface area contributed by atoms with E-state index in [-0.39, 0.29) is 5.78 Å². The van der Waals surface area contributed by atoms with Crippen LogP contribution < -0.4 is 4.74 Å². The number of carbonyl (C=O) groups excluding carboxylic acids is 1. The third kappa shape index (κ3) is 2.70. The molecule has 0 saturated carbocycles. The van der Waals surface area contributed by atoms with Gasteiger partial charge in [-0.25, -0.2) is 0 Å². The minimum Gasteiger partial charge on any atom is -0.497 e. The molecule has 0 aliphatic heterocycles. The molecule has 2 aromatic rings. The standard InChI is InChI=1S/C16H18O3/c1-10-11(2)19-12(3)16(10)15(17)9-13-6-5-7-14(8-13)18-4/h5-8H,9H2,1-4H3. The van der Waals surface area contributed by atoms with Gasteiger partial charge in [0.15, 0.2) is 5.78 Å². The topological polar surface area (TPSA) is 39.4 Å². The van der Waals surface area contributed by atoms with Crippen LogP contribution >= 0.6 is 0 Å². The third-order valence-corrected chi connectivity index (χ3v) is 3.34. The lowest BCUT2D eigenvalue weighted by molar-refractivity contribution is 0.0991. The molecule has 3 heteroatoms. The van der Waals surface area contributed by atoms with Crippen molar-refractivity contribution in [1.82, 2.24) is 0 Å². The lowest BCUT2D eigenvalue weighted by atomic mass is 10.00. The Balaban J connectivity index is 2.25. The third-order valence-electron chi connectivity index (χ3n) is 3.34. The summed E-state index contributed by atoms with van der Waals surface area (Å²) < 4.78 is 10.7. The molecule has 0 bridgehead atoms. The van der Waals surface area contributed by atoms with Crippen LogP contribution in [0.2, 0.25) is 0 Å². The van der Waals surface area contributed by atoms with Crippen LogP contribution in [0.15, 0.2) is 28.7 Å². The van der Waals surface area contributed by atoms with E-state index in [0.29, 0.717) is 17.7 Å². The molecule has 0 aliphatic rings. The molecule has 0 fully saturated rings. The van der Waals surface area contributed by atoms with Gasteiger partial charge in [-0.1, -0.05) is 12.1 Å². The number of rotatable bonds is 4. The number of hydrogen-bond acceptors (Lipinski definition) is 3. The van der Waals surface area contributed by atoms with Gasteiger partial charge in [-0.05, 0) is 38.5 Å². The Morgan fingerprint density at radius 2 is 1.95 bits per heavy atom. The van der Waals surface area contributed by atoms with Gasteiger partial charge in [0.2, 0.25) is 0 Å². The van der Waals surface area contributed by atoms with Crippen LogP contribution in [0, 0.1) is 20.8 Å². The van der Waals surface area contributed by atoms with Gasteiger partial charge in [-0.15, -0.1) is 0 Å². The molecule has 19 heavy (non-hydrogen) atoms. The van der Waals surface area contributed by atoms with E-state index in [4.69, 9.17) is 9.15 Å². The fourth-order valence-electron chi connectivity index (χ4n) is 2.26. The van der Waals surface area contributed by atoms with Crippen molar-refractivity contribution in [2.45, 2.75) is 27.2 Å². The molecule has 100 valence electrons. The zero-order chi connectivity index (χ0) is 14.0. The van der Waals surface area contributed by atoms with Crippen molar-refractivity contribution in [3.05, 3.63) is 52.5 Å². The first kappa shape index (κ1) is 13.4. The maximum Gasteiger partial charge on any atom is 0.171 e. The maximum absolute atomic E-state index is 12.4. The predicted molar refractivity (Wildman–Crippen MR) is 73.9 cm³/mol. The average molecular weight is 258 g/mol. The molecule has 0 amide bonds. The highest BCUT2D eigenvalue weighted by Crippen LogP contribution is 2.23. The van der Waals surface area contributed by atoms with Gasteiger partial charge in [-0.2, -0.15) is 0 Å². The summed E-state index contributed by atoms with van der Waals surface area (Å²) in [7, 11) is 1.62. The number of furan rings is 1. The molecule has 2 rings (SSSR count). The van der Waals surface area contributed by atoms with Crippen LogP contribution in [0.5, 0.6) is 5.75 Å². The lowest BCUT2D eigenvalue weighted by Gasteiger charge is -2.04. The Morgan fingerprint density at radius 3 is 2.53 bits per heavy atom. The van der Waals surface area contributed by atoms with Gasteiger partial charge in [-0.3, -0.25) is 4.79 Å². The monoisotopic (exact) mass is 258 g/mol. The van der Waals surface area contributed by atoms with E-state index >= 15 is 0 Å². The van der Waals surface area contributed by atoms with Gasteiger partial charge < -0.3 is 9.15 Å². The van der Waals surface area contributed by atoms with Crippen LogP contribution in [0.3, 0.4) is 0 Å². The summed E-state index contributed by atoms with van der Waals surface area (Å²) in [5.41, 5.74) is 2.59. The summed E-state index contributed by atoms with van der Waals surface area (Å²) in [6.07, 6.45) is 0.359. The molecule has 0 aliphatic carbocycles. The number of ketones is 1. The molecule has 1 aromatic heterocycles. The van der Waals surface area contributed by atoms with Gasteiger partial charge >= 0.3 is 0 Å². The zero-order valence-corrected chi connectivity index (χ0v) is 11.7. The van der Waals surface area contributed by atoms with Crippen molar-refractivity contribution in [2.75, 3.05) is 7.11 Å². The first-order valence-electron chi connectivity index (χ1n) is 6.25. The number of hydrogen-bond donors (Lipinski definition) is 0. The molecule has 1 aromatic carbocycles. The number of benzene rings is 1. The first-order chi connectivity index (χ1) is 9.02. The Labute approximate surface area is 113 Å². The van der Waals surface area contributed by atoms with Crippen molar-refractivity contribution < 1.29 is 13.9 Å². The van der Waals surface area contributed by atoms with Crippen LogP contribution in [0.1, 0.15) is 33.0 Å². The number of carbonyl (C=O) groups is 1. The molecule has 0 unspecified atom stereocenters. The Morgan fingerprint density at radius 1 is 1.21 bits per heavy atom. The Kier molecular flexibility index (Phi) is 3.74. The fourth-order valence-corrected chi connectivity index (χ4v) is 2.26. The number of Topliss-reactive ketones (excluding diaryl/α,β-unsaturated/α-hetero) is 1. The number of methoxy groups -OCH3 is 1. The molecule has 0 atom stereocenters. The highest BCUT2D eigenvalue weighted by Gasteiger charge is 2.18. The number of aryl methyl sites for hydroxylation is 2. The maximum atomic E-state index is 12.4. The normalized spacial score (nSPS) is 10.5.